The van der Waals surface area contributed by atoms with Gasteiger partial charge in [-0.2, -0.15) is 10.4 Å². The molecule has 6 heteroatoms. The second kappa shape index (κ2) is 5.07. The molecule has 1 amide bonds. The predicted octanol–water partition coefficient (Wildman–Crippen LogP) is 0.237. The zero-order chi connectivity index (χ0) is 12.1. The maximum Gasteiger partial charge on any atom is 0.244 e. The maximum atomic E-state index is 11.6. The molecule has 16 heavy (non-hydrogen) atoms. The Morgan fingerprint density at radius 3 is 2.88 bits per heavy atom. The summed E-state index contributed by atoms with van der Waals surface area (Å²) in [5, 5.41) is 19.1. The monoisotopic (exact) mass is 219 g/mol. The number of amides is 1. The molecule has 1 atom stereocenters. The number of carbonyl (C=O) groups excluding carboxylic acids is 1. The highest BCUT2D eigenvalue weighted by Crippen LogP contribution is 2.10. The van der Waals surface area contributed by atoms with E-state index in [0.717, 1.165) is 0 Å². The summed E-state index contributed by atoms with van der Waals surface area (Å²) in [4.78, 5) is 13.1. The molecule has 0 radical (unpaired) electrons. The van der Waals surface area contributed by atoms with E-state index in [-0.39, 0.29) is 5.91 Å². The number of hydrogen-bond acceptors (Lipinski definition) is 5. The van der Waals surface area contributed by atoms with E-state index in [4.69, 9.17) is 5.26 Å². The average Bonchev–Trinajstić information content (AvgIpc) is 2.28. The first-order valence-electron chi connectivity index (χ1n) is 4.75. The Morgan fingerprint density at radius 1 is 1.62 bits per heavy atom. The van der Waals surface area contributed by atoms with Crippen molar-refractivity contribution in [1.29, 1.82) is 5.26 Å². The van der Waals surface area contributed by atoms with Gasteiger partial charge < -0.3 is 10.2 Å². The number of nitriles is 1. The molecule has 0 aromatic carbocycles. The summed E-state index contributed by atoms with van der Waals surface area (Å²) in [7, 11) is 3.34. The smallest absolute Gasteiger partial charge is 0.244 e. The highest BCUT2D eigenvalue weighted by molar-refractivity contribution is 5.83. The van der Waals surface area contributed by atoms with Gasteiger partial charge in [0.1, 0.15) is 12.1 Å². The SMILES string of the molecule is CC(Nc1nnccc1C#N)C(=O)N(C)C. The molecule has 0 aliphatic heterocycles. The van der Waals surface area contributed by atoms with Crippen LogP contribution in [0.1, 0.15) is 12.5 Å². The van der Waals surface area contributed by atoms with Crippen molar-refractivity contribution in [2.45, 2.75) is 13.0 Å². The molecular weight excluding hydrogens is 206 g/mol. The van der Waals surface area contributed by atoms with Crippen molar-refractivity contribution in [1.82, 2.24) is 15.1 Å². The fourth-order valence-corrected chi connectivity index (χ4v) is 1.18. The molecule has 84 valence electrons. The van der Waals surface area contributed by atoms with Crippen molar-refractivity contribution < 1.29 is 4.79 Å². The van der Waals surface area contributed by atoms with E-state index in [1.54, 1.807) is 27.1 Å². The Balaban J connectivity index is 2.81. The summed E-state index contributed by atoms with van der Waals surface area (Å²) in [6, 6.07) is 3.08. The van der Waals surface area contributed by atoms with Gasteiger partial charge in [-0.15, -0.1) is 5.10 Å². The lowest BCUT2D eigenvalue weighted by Gasteiger charge is -2.18. The number of nitrogens with one attached hydrogen (secondary N) is 1. The van der Waals surface area contributed by atoms with Crippen LogP contribution in [0, 0.1) is 11.3 Å². The summed E-state index contributed by atoms with van der Waals surface area (Å²) in [6.45, 7) is 1.71. The number of hydrogen-bond donors (Lipinski definition) is 1. The van der Waals surface area contributed by atoms with Crippen LogP contribution in [0.3, 0.4) is 0 Å². The summed E-state index contributed by atoms with van der Waals surface area (Å²) >= 11 is 0. The van der Waals surface area contributed by atoms with Gasteiger partial charge in [-0.1, -0.05) is 0 Å². The Bertz CT molecular complexity index is 423. The Labute approximate surface area is 93.9 Å². The Hall–Kier alpha value is -2.16. The minimum Gasteiger partial charge on any atom is -0.356 e. The third-order valence-corrected chi connectivity index (χ3v) is 2.01. The zero-order valence-electron chi connectivity index (χ0n) is 9.43. The summed E-state index contributed by atoms with van der Waals surface area (Å²) in [6.07, 6.45) is 1.43. The number of carbonyl (C=O) groups is 1. The molecule has 0 bridgehead atoms. The lowest BCUT2D eigenvalue weighted by molar-refractivity contribution is -0.129. The number of nitrogens with zero attached hydrogens (tertiary/aromatic N) is 4. The van der Waals surface area contributed by atoms with Crippen LogP contribution in [0.5, 0.6) is 0 Å². The van der Waals surface area contributed by atoms with E-state index in [1.165, 1.54) is 11.1 Å². The van der Waals surface area contributed by atoms with Gasteiger partial charge in [0.05, 0.1) is 11.8 Å². The molecule has 0 fully saturated rings. The van der Waals surface area contributed by atoms with Gasteiger partial charge in [-0.3, -0.25) is 4.79 Å². The van der Waals surface area contributed by atoms with E-state index in [1.807, 2.05) is 6.07 Å². The van der Waals surface area contributed by atoms with Gasteiger partial charge in [0.25, 0.3) is 0 Å². The van der Waals surface area contributed by atoms with Gasteiger partial charge in [0.15, 0.2) is 5.82 Å². The molecular formula is C10H13N5O. The van der Waals surface area contributed by atoms with Gasteiger partial charge in [-0.05, 0) is 13.0 Å². The predicted molar refractivity (Wildman–Crippen MR) is 58.5 cm³/mol. The highest BCUT2D eigenvalue weighted by Gasteiger charge is 2.16. The summed E-state index contributed by atoms with van der Waals surface area (Å²) in [5.41, 5.74) is 0.369. The number of likely N-dealkylation sites (N-methyl/N-ethyl adjacent to an activating group) is 1. The fourth-order valence-electron chi connectivity index (χ4n) is 1.18. The van der Waals surface area contributed by atoms with E-state index < -0.39 is 6.04 Å². The van der Waals surface area contributed by atoms with Gasteiger partial charge in [0.2, 0.25) is 5.91 Å². The first-order chi connectivity index (χ1) is 7.56. The Kier molecular flexibility index (Phi) is 3.78. The third kappa shape index (κ3) is 2.67. The lowest BCUT2D eigenvalue weighted by Crippen LogP contribution is -2.37. The normalized spacial score (nSPS) is 11.4. The molecule has 1 rings (SSSR count). The van der Waals surface area contributed by atoms with Gasteiger partial charge >= 0.3 is 0 Å². The van der Waals surface area contributed by atoms with Crippen LogP contribution in [0.15, 0.2) is 12.3 Å². The number of aromatic nitrogens is 2. The van der Waals surface area contributed by atoms with Crippen molar-refractivity contribution in [2.75, 3.05) is 19.4 Å². The Morgan fingerprint density at radius 2 is 2.31 bits per heavy atom. The van der Waals surface area contributed by atoms with E-state index in [2.05, 4.69) is 15.5 Å². The summed E-state index contributed by atoms with van der Waals surface area (Å²) in [5.74, 6) is 0.238. The average molecular weight is 219 g/mol. The van der Waals surface area contributed by atoms with E-state index in [0.29, 0.717) is 11.4 Å². The highest BCUT2D eigenvalue weighted by atomic mass is 16.2. The molecule has 0 spiro atoms. The second-order valence-corrected chi connectivity index (χ2v) is 3.50. The molecule has 0 aliphatic rings. The summed E-state index contributed by atoms with van der Waals surface area (Å²) < 4.78 is 0. The van der Waals surface area contributed by atoms with Crippen LogP contribution in [0.25, 0.3) is 0 Å². The first kappa shape index (κ1) is 11.9. The molecule has 1 N–H and O–H groups in total. The molecule has 0 saturated heterocycles. The minimum atomic E-state index is -0.446. The molecule has 1 aromatic rings. The maximum absolute atomic E-state index is 11.6. The molecule has 6 nitrogen and oxygen atoms in total. The molecule has 0 saturated carbocycles. The second-order valence-electron chi connectivity index (χ2n) is 3.50. The van der Waals surface area contributed by atoms with Crippen molar-refractivity contribution in [3.63, 3.8) is 0 Å². The molecule has 0 aliphatic carbocycles. The zero-order valence-corrected chi connectivity index (χ0v) is 9.43. The quantitative estimate of drug-likeness (QED) is 0.787. The van der Waals surface area contributed by atoms with Gasteiger partial charge in [0, 0.05) is 14.1 Å². The third-order valence-electron chi connectivity index (χ3n) is 2.01. The first-order valence-corrected chi connectivity index (χ1v) is 4.75. The number of rotatable bonds is 3. The standard InChI is InChI=1S/C10H13N5O/c1-7(10(16)15(2)3)13-9-8(6-11)4-5-12-14-9/h4-5,7H,1-3H3,(H,13,14). The van der Waals surface area contributed by atoms with Crippen LogP contribution in [-0.2, 0) is 4.79 Å². The fraction of sp³-hybridized carbons (Fsp3) is 0.400. The minimum absolute atomic E-state index is 0.0884. The van der Waals surface area contributed by atoms with Crippen LogP contribution in [-0.4, -0.2) is 41.1 Å². The van der Waals surface area contributed by atoms with Gasteiger partial charge in [-0.25, -0.2) is 0 Å². The molecule has 1 aromatic heterocycles. The lowest BCUT2D eigenvalue weighted by atomic mass is 10.2. The number of anilines is 1. The van der Waals surface area contributed by atoms with Crippen molar-refractivity contribution in [3.05, 3.63) is 17.8 Å². The van der Waals surface area contributed by atoms with Crippen molar-refractivity contribution >= 4 is 11.7 Å². The van der Waals surface area contributed by atoms with Crippen LogP contribution in [0.2, 0.25) is 0 Å². The van der Waals surface area contributed by atoms with Crippen molar-refractivity contribution in [2.24, 2.45) is 0 Å². The molecule has 1 unspecified atom stereocenters. The topological polar surface area (TPSA) is 81.9 Å². The van der Waals surface area contributed by atoms with Crippen LogP contribution >= 0.6 is 0 Å². The largest absolute Gasteiger partial charge is 0.356 e. The van der Waals surface area contributed by atoms with Crippen molar-refractivity contribution in [3.8, 4) is 6.07 Å². The molecule has 1 heterocycles. The van der Waals surface area contributed by atoms with Crippen LogP contribution in [0.4, 0.5) is 5.82 Å². The van der Waals surface area contributed by atoms with E-state index in [9.17, 15) is 4.79 Å². The van der Waals surface area contributed by atoms with Crippen LogP contribution < -0.4 is 5.32 Å². The van der Waals surface area contributed by atoms with E-state index >= 15 is 0 Å².